The SMILES string of the molecule is COc1cccc(/C=N/NC(=O)CNc2n[nH]c(=O)[nH]c2=O)c1O. The molecule has 11 heteroatoms. The van der Waals surface area contributed by atoms with Crippen molar-refractivity contribution in [1.29, 1.82) is 0 Å². The molecule has 0 aliphatic heterocycles. The number of amides is 1. The minimum absolute atomic E-state index is 0.111. The van der Waals surface area contributed by atoms with Crippen LogP contribution in [0.4, 0.5) is 5.82 Å². The van der Waals surface area contributed by atoms with E-state index in [-0.39, 0.29) is 23.9 Å². The first kappa shape index (κ1) is 16.7. The number of methoxy groups -OCH3 is 1. The summed E-state index contributed by atoms with van der Waals surface area (Å²) in [5.74, 6) is -0.615. The summed E-state index contributed by atoms with van der Waals surface area (Å²) in [6.45, 7) is -0.302. The number of carbonyl (C=O) groups excluding carboxylic acids is 1. The lowest BCUT2D eigenvalue weighted by Crippen LogP contribution is -2.31. The van der Waals surface area contributed by atoms with Gasteiger partial charge in [0, 0.05) is 5.56 Å². The Morgan fingerprint density at radius 2 is 2.25 bits per heavy atom. The monoisotopic (exact) mass is 334 g/mol. The number of hydrogen-bond acceptors (Lipinski definition) is 8. The smallest absolute Gasteiger partial charge is 0.342 e. The molecule has 1 aromatic carbocycles. The van der Waals surface area contributed by atoms with Crippen LogP contribution in [-0.2, 0) is 4.79 Å². The zero-order chi connectivity index (χ0) is 17.5. The quantitative estimate of drug-likeness (QED) is 0.325. The van der Waals surface area contributed by atoms with E-state index in [1.807, 2.05) is 10.1 Å². The van der Waals surface area contributed by atoms with Crippen LogP contribution in [0.5, 0.6) is 11.5 Å². The molecule has 126 valence electrons. The van der Waals surface area contributed by atoms with Crippen LogP contribution in [0.25, 0.3) is 0 Å². The molecule has 0 fully saturated rings. The third kappa shape index (κ3) is 4.19. The molecule has 0 unspecified atom stereocenters. The van der Waals surface area contributed by atoms with Gasteiger partial charge < -0.3 is 15.2 Å². The van der Waals surface area contributed by atoms with Crippen molar-refractivity contribution in [3.8, 4) is 11.5 Å². The number of para-hydroxylation sites is 1. The van der Waals surface area contributed by atoms with E-state index in [0.29, 0.717) is 5.56 Å². The van der Waals surface area contributed by atoms with Crippen LogP contribution in [-0.4, -0.2) is 46.1 Å². The molecule has 11 nitrogen and oxygen atoms in total. The highest BCUT2D eigenvalue weighted by atomic mass is 16.5. The van der Waals surface area contributed by atoms with Gasteiger partial charge in [0.1, 0.15) is 0 Å². The molecule has 0 spiro atoms. The summed E-state index contributed by atoms with van der Waals surface area (Å²) in [4.78, 5) is 35.7. The van der Waals surface area contributed by atoms with Crippen molar-refractivity contribution >= 4 is 17.9 Å². The number of aromatic nitrogens is 3. The summed E-state index contributed by atoms with van der Waals surface area (Å²) >= 11 is 0. The lowest BCUT2D eigenvalue weighted by atomic mass is 10.2. The number of nitrogens with zero attached hydrogens (tertiary/aromatic N) is 2. The van der Waals surface area contributed by atoms with Gasteiger partial charge in [0.25, 0.3) is 11.5 Å². The number of hydrogen-bond donors (Lipinski definition) is 5. The van der Waals surface area contributed by atoms with Crippen molar-refractivity contribution in [2.45, 2.75) is 0 Å². The van der Waals surface area contributed by atoms with Gasteiger partial charge >= 0.3 is 5.69 Å². The molecule has 0 radical (unpaired) electrons. The highest BCUT2D eigenvalue weighted by Crippen LogP contribution is 2.27. The molecule has 1 amide bonds. The van der Waals surface area contributed by atoms with E-state index in [4.69, 9.17) is 4.74 Å². The Labute approximate surface area is 134 Å². The van der Waals surface area contributed by atoms with Crippen LogP contribution < -0.4 is 26.7 Å². The summed E-state index contributed by atoms with van der Waals surface area (Å²) in [7, 11) is 1.41. The lowest BCUT2D eigenvalue weighted by molar-refractivity contribution is -0.119. The van der Waals surface area contributed by atoms with Crippen LogP contribution >= 0.6 is 0 Å². The van der Waals surface area contributed by atoms with Crippen molar-refractivity contribution in [3.63, 3.8) is 0 Å². The number of ether oxygens (including phenoxy) is 1. The molecule has 0 aliphatic rings. The van der Waals surface area contributed by atoms with Crippen LogP contribution in [0.2, 0.25) is 0 Å². The fourth-order valence-corrected chi connectivity index (χ4v) is 1.65. The predicted molar refractivity (Wildman–Crippen MR) is 84.4 cm³/mol. The average molecular weight is 334 g/mol. The van der Waals surface area contributed by atoms with E-state index in [0.717, 1.165) is 0 Å². The van der Waals surface area contributed by atoms with Crippen LogP contribution in [0.1, 0.15) is 5.56 Å². The number of benzene rings is 1. The van der Waals surface area contributed by atoms with Gasteiger partial charge in [-0.3, -0.25) is 14.6 Å². The van der Waals surface area contributed by atoms with Gasteiger partial charge in [-0.15, -0.1) is 5.10 Å². The third-order valence-corrected chi connectivity index (χ3v) is 2.77. The maximum atomic E-state index is 11.6. The van der Waals surface area contributed by atoms with Crippen LogP contribution in [0.15, 0.2) is 32.9 Å². The maximum absolute atomic E-state index is 11.6. The van der Waals surface area contributed by atoms with Crippen molar-refractivity contribution in [1.82, 2.24) is 20.6 Å². The first-order valence-electron chi connectivity index (χ1n) is 6.62. The Kier molecular flexibility index (Phi) is 5.28. The standard InChI is InChI=1S/C13H14N6O5/c1-24-8-4-2-3-7(10(8)21)5-15-17-9(20)6-14-11-12(22)16-13(23)19-18-11/h2-5,21H,6H2,1H3,(H,14,18)(H,17,20)(H2,16,19,22,23)/b15-5+. The molecule has 1 heterocycles. The van der Waals surface area contributed by atoms with E-state index >= 15 is 0 Å². The van der Waals surface area contributed by atoms with Gasteiger partial charge in [-0.1, -0.05) is 6.07 Å². The second-order valence-electron chi connectivity index (χ2n) is 4.40. The maximum Gasteiger partial charge on any atom is 0.342 e. The topological polar surface area (TPSA) is 162 Å². The van der Waals surface area contributed by atoms with Crippen LogP contribution in [0.3, 0.4) is 0 Å². The minimum atomic E-state index is -0.753. The number of rotatable bonds is 6. The zero-order valence-corrected chi connectivity index (χ0v) is 12.5. The molecule has 0 saturated carbocycles. The largest absolute Gasteiger partial charge is 0.504 e. The fraction of sp³-hybridized carbons (Fsp3) is 0.154. The summed E-state index contributed by atoms with van der Waals surface area (Å²) in [5.41, 5.74) is 1.04. The number of nitrogens with one attached hydrogen (secondary N) is 4. The Morgan fingerprint density at radius 1 is 1.46 bits per heavy atom. The van der Waals surface area contributed by atoms with Crippen molar-refractivity contribution in [2.75, 3.05) is 19.0 Å². The Hall–Kier alpha value is -3.63. The molecular weight excluding hydrogens is 320 g/mol. The Balaban J connectivity index is 1.91. The molecule has 0 atom stereocenters. The normalized spacial score (nSPS) is 10.5. The molecule has 1 aromatic heterocycles. The summed E-state index contributed by atoms with van der Waals surface area (Å²) in [6.07, 6.45) is 1.24. The minimum Gasteiger partial charge on any atom is -0.504 e. The molecule has 2 aromatic rings. The number of hydrazone groups is 1. The van der Waals surface area contributed by atoms with Gasteiger partial charge in [0.05, 0.1) is 19.9 Å². The van der Waals surface area contributed by atoms with Crippen LogP contribution in [0, 0.1) is 0 Å². The van der Waals surface area contributed by atoms with E-state index in [9.17, 15) is 19.5 Å². The Morgan fingerprint density at radius 3 is 2.96 bits per heavy atom. The molecule has 0 saturated heterocycles. The molecule has 24 heavy (non-hydrogen) atoms. The third-order valence-electron chi connectivity index (χ3n) is 2.77. The zero-order valence-electron chi connectivity index (χ0n) is 12.5. The van der Waals surface area contributed by atoms with E-state index in [1.54, 1.807) is 18.2 Å². The predicted octanol–water partition coefficient (Wildman–Crippen LogP) is -1.27. The van der Waals surface area contributed by atoms with Gasteiger partial charge in [-0.05, 0) is 12.1 Å². The number of carbonyl (C=O) groups is 1. The number of aromatic hydroxyl groups is 1. The second-order valence-corrected chi connectivity index (χ2v) is 4.40. The fourth-order valence-electron chi connectivity index (χ4n) is 1.65. The lowest BCUT2D eigenvalue weighted by Gasteiger charge is -2.05. The van der Waals surface area contributed by atoms with Gasteiger partial charge in [-0.2, -0.15) is 5.10 Å². The summed E-state index contributed by atoms with van der Waals surface area (Å²) in [6, 6.07) is 4.80. The number of aromatic amines is 2. The second kappa shape index (κ2) is 7.58. The van der Waals surface area contributed by atoms with E-state index in [1.165, 1.54) is 13.3 Å². The summed E-state index contributed by atoms with van der Waals surface area (Å²) < 4.78 is 4.95. The number of phenols is 1. The van der Waals surface area contributed by atoms with Gasteiger partial charge in [0.2, 0.25) is 5.82 Å². The van der Waals surface area contributed by atoms with Crippen molar-refractivity contribution in [3.05, 3.63) is 44.6 Å². The highest BCUT2D eigenvalue weighted by molar-refractivity contribution is 5.87. The molecule has 0 bridgehead atoms. The van der Waals surface area contributed by atoms with Gasteiger partial charge in [-0.25, -0.2) is 15.3 Å². The summed E-state index contributed by atoms with van der Waals surface area (Å²) in [5, 5.41) is 21.4. The first-order chi connectivity index (χ1) is 11.5. The van der Waals surface area contributed by atoms with Gasteiger partial charge in [0.15, 0.2) is 11.5 Å². The van der Waals surface area contributed by atoms with Crippen molar-refractivity contribution in [2.24, 2.45) is 5.10 Å². The molecular formula is C13H14N6O5. The molecule has 2 rings (SSSR count). The molecule has 5 N–H and O–H groups in total. The number of H-pyrrole nitrogens is 2. The van der Waals surface area contributed by atoms with E-state index in [2.05, 4.69) is 20.9 Å². The Bertz CT molecular complexity index is 872. The highest BCUT2D eigenvalue weighted by Gasteiger charge is 2.06. The number of phenolic OH excluding ortho intramolecular Hbond substituents is 1. The van der Waals surface area contributed by atoms with Crippen molar-refractivity contribution < 1.29 is 14.6 Å². The number of anilines is 1. The van der Waals surface area contributed by atoms with E-state index < -0.39 is 17.2 Å². The average Bonchev–Trinajstić information content (AvgIpc) is 2.55. The molecule has 0 aliphatic carbocycles. The first-order valence-corrected chi connectivity index (χ1v) is 6.62.